The Morgan fingerprint density at radius 2 is 2.27 bits per heavy atom. The van der Waals surface area contributed by atoms with E-state index < -0.39 is 6.10 Å². The van der Waals surface area contributed by atoms with Crippen LogP contribution in [0.1, 0.15) is 20.3 Å². The summed E-state index contributed by atoms with van der Waals surface area (Å²) in [7, 11) is 0. The fraction of sp³-hybridized carbons (Fsp3) is 0.417. The van der Waals surface area contributed by atoms with Gasteiger partial charge in [-0.15, -0.1) is 6.58 Å². The number of hydrogen-bond donors (Lipinski definition) is 1. The first-order valence-electron chi connectivity index (χ1n) is 4.91. The van der Waals surface area contributed by atoms with Crippen LogP contribution in [0.25, 0.3) is 0 Å². The summed E-state index contributed by atoms with van der Waals surface area (Å²) in [5.74, 6) is -0.356. The van der Waals surface area contributed by atoms with Crippen molar-refractivity contribution in [3.63, 3.8) is 0 Å². The maximum absolute atomic E-state index is 10.9. The van der Waals surface area contributed by atoms with Crippen LogP contribution in [-0.2, 0) is 9.53 Å². The van der Waals surface area contributed by atoms with E-state index in [9.17, 15) is 9.90 Å². The number of ether oxygens (including phenoxy) is 1. The van der Waals surface area contributed by atoms with Gasteiger partial charge in [-0.2, -0.15) is 0 Å². The lowest BCUT2D eigenvalue weighted by atomic mass is 10.1. The van der Waals surface area contributed by atoms with Crippen molar-refractivity contribution in [3.05, 3.63) is 36.5 Å². The van der Waals surface area contributed by atoms with Gasteiger partial charge in [0.2, 0.25) is 0 Å². The van der Waals surface area contributed by atoms with Crippen LogP contribution in [0.2, 0.25) is 0 Å². The van der Waals surface area contributed by atoms with E-state index in [4.69, 9.17) is 4.74 Å². The van der Waals surface area contributed by atoms with Crippen LogP contribution in [0.15, 0.2) is 36.5 Å². The van der Waals surface area contributed by atoms with Crippen molar-refractivity contribution in [2.75, 3.05) is 6.61 Å². The molecule has 0 aliphatic carbocycles. The van der Waals surface area contributed by atoms with Crippen molar-refractivity contribution >= 4 is 5.97 Å². The van der Waals surface area contributed by atoms with Gasteiger partial charge >= 0.3 is 5.97 Å². The highest BCUT2D eigenvalue weighted by atomic mass is 16.5. The van der Waals surface area contributed by atoms with Gasteiger partial charge in [0.05, 0.1) is 12.7 Å². The minimum atomic E-state index is -0.530. The second kappa shape index (κ2) is 8.00. The van der Waals surface area contributed by atoms with Gasteiger partial charge in [0.25, 0.3) is 0 Å². The van der Waals surface area contributed by atoms with Gasteiger partial charge in [0, 0.05) is 6.08 Å². The lowest BCUT2D eigenvalue weighted by Crippen LogP contribution is -2.01. The monoisotopic (exact) mass is 210 g/mol. The standard InChI is InChI=1S/C12H18O3/c1-4-11(13)9-10(3)7-6-8-12(14)15-5-2/h4,6-8,11,13H,1,5,9H2,2-3H3/b8-6+,10-7+. The van der Waals surface area contributed by atoms with Crippen molar-refractivity contribution < 1.29 is 14.6 Å². The van der Waals surface area contributed by atoms with Gasteiger partial charge in [0.1, 0.15) is 0 Å². The summed E-state index contributed by atoms with van der Waals surface area (Å²) in [6.45, 7) is 7.49. The van der Waals surface area contributed by atoms with Gasteiger partial charge in [-0.1, -0.05) is 23.8 Å². The molecule has 0 spiro atoms. The van der Waals surface area contributed by atoms with E-state index in [1.165, 1.54) is 12.2 Å². The molecule has 0 aromatic rings. The molecule has 1 atom stereocenters. The zero-order valence-corrected chi connectivity index (χ0v) is 9.27. The van der Waals surface area contributed by atoms with Crippen molar-refractivity contribution in [1.29, 1.82) is 0 Å². The van der Waals surface area contributed by atoms with E-state index in [0.29, 0.717) is 13.0 Å². The fourth-order valence-corrected chi connectivity index (χ4v) is 0.963. The molecule has 0 radical (unpaired) electrons. The van der Waals surface area contributed by atoms with Crippen molar-refractivity contribution in [2.45, 2.75) is 26.4 Å². The Kier molecular flexibility index (Phi) is 7.28. The van der Waals surface area contributed by atoms with Crippen molar-refractivity contribution in [2.24, 2.45) is 0 Å². The molecular formula is C12H18O3. The van der Waals surface area contributed by atoms with E-state index in [0.717, 1.165) is 5.57 Å². The highest BCUT2D eigenvalue weighted by molar-refractivity contribution is 5.82. The molecule has 1 unspecified atom stereocenters. The van der Waals surface area contributed by atoms with Crippen LogP contribution in [0.4, 0.5) is 0 Å². The Bertz CT molecular complexity index is 264. The second-order valence-corrected chi connectivity index (χ2v) is 3.13. The molecule has 0 saturated heterocycles. The quantitative estimate of drug-likeness (QED) is 0.315. The van der Waals surface area contributed by atoms with Crippen molar-refractivity contribution in [3.8, 4) is 0 Å². The summed E-state index contributed by atoms with van der Waals surface area (Å²) in [5.41, 5.74) is 0.975. The second-order valence-electron chi connectivity index (χ2n) is 3.13. The molecule has 3 heteroatoms. The fourth-order valence-electron chi connectivity index (χ4n) is 0.963. The third-order valence-electron chi connectivity index (χ3n) is 1.70. The maximum Gasteiger partial charge on any atom is 0.330 e. The molecule has 3 nitrogen and oxygen atoms in total. The van der Waals surface area contributed by atoms with E-state index >= 15 is 0 Å². The zero-order chi connectivity index (χ0) is 11.7. The van der Waals surface area contributed by atoms with Gasteiger partial charge in [-0.25, -0.2) is 4.79 Å². The van der Waals surface area contributed by atoms with Gasteiger partial charge in [0.15, 0.2) is 0 Å². The molecule has 0 fully saturated rings. The zero-order valence-electron chi connectivity index (χ0n) is 9.27. The smallest absolute Gasteiger partial charge is 0.330 e. The Hall–Kier alpha value is -1.35. The molecule has 15 heavy (non-hydrogen) atoms. The maximum atomic E-state index is 10.9. The molecule has 0 saturated carbocycles. The molecule has 1 N–H and O–H groups in total. The summed E-state index contributed by atoms with van der Waals surface area (Å²) in [6, 6.07) is 0. The van der Waals surface area contributed by atoms with Crippen LogP contribution in [0.5, 0.6) is 0 Å². The van der Waals surface area contributed by atoms with E-state index in [2.05, 4.69) is 6.58 Å². The molecular weight excluding hydrogens is 192 g/mol. The number of allylic oxidation sites excluding steroid dienone is 2. The van der Waals surface area contributed by atoms with Crippen LogP contribution in [-0.4, -0.2) is 23.8 Å². The Morgan fingerprint density at radius 3 is 2.80 bits per heavy atom. The number of hydrogen-bond acceptors (Lipinski definition) is 3. The highest BCUT2D eigenvalue weighted by Crippen LogP contribution is 2.05. The molecule has 0 aliphatic rings. The number of carbonyl (C=O) groups excluding carboxylic acids is 1. The Labute approximate surface area is 90.8 Å². The highest BCUT2D eigenvalue weighted by Gasteiger charge is 1.98. The minimum Gasteiger partial charge on any atom is -0.463 e. The first kappa shape index (κ1) is 13.7. The first-order chi connectivity index (χ1) is 7.10. The predicted molar refractivity (Wildman–Crippen MR) is 60.4 cm³/mol. The molecule has 0 bridgehead atoms. The Balaban J connectivity index is 4.03. The van der Waals surface area contributed by atoms with Gasteiger partial charge in [-0.3, -0.25) is 0 Å². The third-order valence-corrected chi connectivity index (χ3v) is 1.70. The first-order valence-corrected chi connectivity index (χ1v) is 4.91. The number of aliphatic hydroxyl groups is 1. The van der Waals surface area contributed by atoms with Crippen LogP contribution >= 0.6 is 0 Å². The topological polar surface area (TPSA) is 46.5 Å². The van der Waals surface area contributed by atoms with Crippen molar-refractivity contribution in [1.82, 2.24) is 0 Å². The normalized spacial score (nSPS) is 13.9. The van der Waals surface area contributed by atoms with E-state index in [1.54, 1.807) is 19.1 Å². The number of aliphatic hydroxyl groups excluding tert-OH is 1. The largest absolute Gasteiger partial charge is 0.463 e. The molecule has 0 rings (SSSR count). The lowest BCUT2D eigenvalue weighted by Gasteiger charge is -2.03. The Morgan fingerprint density at radius 1 is 1.60 bits per heavy atom. The molecule has 0 amide bonds. The van der Waals surface area contributed by atoms with Gasteiger partial charge < -0.3 is 9.84 Å². The number of carbonyl (C=O) groups is 1. The summed E-state index contributed by atoms with van der Waals surface area (Å²) in [4.78, 5) is 10.9. The predicted octanol–water partition coefficient (Wildman–Crippen LogP) is 1.99. The summed E-state index contributed by atoms with van der Waals surface area (Å²) >= 11 is 0. The van der Waals surface area contributed by atoms with Crippen LogP contribution in [0.3, 0.4) is 0 Å². The summed E-state index contributed by atoms with van der Waals surface area (Å²) < 4.78 is 4.71. The summed E-state index contributed by atoms with van der Waals surface area (Å²) in [5, 5.41) is 9.25. The number of rotatable bonds is 6. The minimum absolute atomic E-state index is 0.356. The SMILES string of the molecule is C=CC(O)C/C(C)=C/C=C/C(=O)OCC. The lowest BCUT2D eigenvalue weighted by molar-refractivity contribution is -0.137. The van der Waals surface area contributed by atoms with E-state index in [1.807, 2.05) is 6.92 Å². The van der Waals surface area contributed by atoms with Gasteiger partial charge in [-0.05, 0) is 20.3 Å². The van der Waals surface area contributed by atoms with Crippen LogP contribution in [0, 0.1) is 0 Å². The van der Waals surface area contributed by atoms with E-state index in [-0.39, 0.29) is 5.97 Å². The average Bonchev–Trinajstić information content (AvgIpc) is 2.18. The van der Waals surface area contributed by atoms with Crippen LogP contribution < -0.4 is 0 Å². The third kappa shape index (κ3) is 7.70. The summed E-state index contributed by atoms with van der Waals surface area (Å²) in [6.07, 6.45) is 6.21. The molecule has 0 aliphatic heterocycles. The average molecular weight is 210 g/mol. The molecule has 84 valence electrons. The molecule has 0 aromatic carbocycles. The number of esters is 1. The molecule has 0 heterocycles. The molecule has 0 aromatic heterocycles.